The van der Waals surface area contributed by atoms with E-state index in [0.29, 0.717) is 6.04 Å². The van der Waals surface area contributed by atoms with Gasteiger partial charge in [0.25, 0.3) is 0 Å². The lowest BCUT2D eigenvalue weighted by atomic mass is 10.0. The molecule has 0 bridgehead atoms. The molecule has 76 valence electrons. The van der Waals surface area contributed by atoms with E-state index < -0.39 is 0 Å². The second-order valence-electron chi connectivity index (χ2n) is 4.28. The van der Waals surface area contributed by atoms with Gasteiger partial charge in [-0.15, -0.1) is 0 Å². The van der Waals surface area contributed by atoms with E-state index in [2.05, 4.69) is 5.32 Å². The number of ether oxygens (including phenoxy) is 1. The number of nitrogens with one attached hydrogen (secondary N) is 1. The van der Waals surface area contributed by atoms with Gasteiger partial charge in [-0.3, -0.25) is 0 Å². The van der Waals surface area contributed by atoms with Crippen molar-refractivity contribution in [2.45, 2.75) is 50.2 Å². The molecule has 1 saturated heterocycles. The first-order valence-corrected chi connectivity index (χ1v) is 5.45. The molecule has 0 spiro atoms. The van der Waals surface area contributed by atoms with E-state index in [4.69, 9.17) is 10.5 Å². The Bertz CT molecular complexity index is 157. The van der Waals surface area contributed by atoms with Crippen LogP contribution in [0.1, 0.15) is 32.1 Å². The molecule has 2 fully saturated rings. The van der Waals surface area contributed by atoms with Crippen molar-refractivity contribution in [1.29, 1.82) is 0 Å². The Labute approximate surface area is 80.0 Å². The highest BCUT2D eigenvalue weighted by atomic mass is 16.5. The van der Waals surface area contributed by atoms with Gasteiger partial charge in [0.2, 0.25) is 0 Å². The zero-order valence-electron chi connectivity index (χ0n) is 8.17. The molecule has 1 aliphatic heterocycles. The van der Waals surface area contributed by atoms with Gasteiger partial charge in [-0.1, -0.05) is 12.8 Å². The van der Waals surface area contributed by atoms with Crippen LogP contribution < -0.4 is 11.1 Å². The van der Waals surface area contributed by atoms with Crippen molar-refractivity contribution in [3.63, 3.8) is 0 Å². The largest absolute Gasteiger partial charge is 0.380 e. The van der Waals surface area contributed by atoms with Gasteiger partial charge in [0, 0.05) is 24.7 Å². The molecule has 0 amide bonds. The van der Waals surface area contributed by atoms with E-state index in [1.807, 2.05) is 0 Å². The smallest absolute Gasteiger partial charge is 0.0632 e. The zero-order chi connectivity index (χ0) is 9.10. The molecule has 2 aliphatic rings. The summed E-state index contributed by atoms with van der Waals surface area (Å²) in [5.74, 6) is 0. The van der Waals surface area contributed by atoms with E-state index in [1.54, 1.807) is 0 Å². The minimum atomic E-state index is 0.203. The average molecular weight is 184 g/mol. The first-order chi connectivity index (χ1) is 6.36. The van der Waals surface area contributed by atoms with Crippen LogP contribution in [0.25, 0.3) is 0 Å². The SMILES string of the molecule is N[C@H]1COCC[C@@H]1NC1CCCC1. The van der Waals surface area contributed by atoms with Crippen LogP contribution in [0.5, 0.6) is 0 Å². The highest BCUT2D eigenvalue weighted by Gasteiger charge is 2.25. The van der Waals surface area contributed by atoms with Crippen LogP contribution in [0.3, 0.4) is 0 Å². The topological polar surface area (TPSA) is 47.3 Å². The van der Waals surface area contributed by atoms with Crippen molar-refractivity contribution in [2.75, 3.05) is 13.2 Å². The molecular weight excluding hydrogens is 164 g/mol. The van der Waals surface area contributed by atoms with Gasteiger partial charge in [0.05, 0.1) is 6.61 Å². The normalized spacial score (nSPS) is 36.7. The molecule has 1 aliphatic carbocycles. The standard InChI is InChI=1S/C10H20N2O/c11-9-7-13-6-5-10(9)12-8-3-1-2-4-8/h8-10,12H,1-7,11H2/t9-,10-/m0/s1. The minimum absolute atomic E-state index is 0.203. The lowest BCUT2D eigenvalue weighted by Gasteiger charge is -2.31. The summed E-state index contributed by atoms with van der Waals surface area (Å²) in [6.07, 6.45) is 6.53. The highest BCUT2D eigenvalue weighted by Crippen LogP contribution is 2.19. The third kappa shape index (κ3) is 2.42. The maximum absolute atomic E-state index is 5.97. The quantitative estimate of drug-likeness (QED) is 0.662. The fourth-order valence-corrected chi connectivity index (χ4v) is 2.36. The van der Waals surface area contributed by atoms with Crippen LogP contribution in [-0.4, -0.2) is 31.3 Å². The number of hydrogen-bond donors (Lipinski definition) is 2. The first kappa shape index (κ1) is 9.44. The van der Waals surface area contributed by atoms with Gasteiger partial charge < -0.3 is 15.8 Å². The molecule has 13 heavy (non-hydrogen) atoms. The van der Waals surface area contributed by atoms with Gasteiger partial charge in [-0.2, -0.15) is 0 Å². The van der Waals surface area contributed by atoms with Crippen molar-refractivity contribution in [3.05, 3.63) is 0 Å². The van der Waals surface area contributed by atoms with Crippen molar-refractivity contribution in [1.82, 2.24) is 5.32 Å². The van der Waals surface area contributed by atoms with Crippen LogP contribution in [0, 0.1) is 0 Å². The summed E-state index contributed by atoms with van der Waals surface area (Å²) in [7, 11) is 0. The third-order valence-corrected chi connectivity index (χ3v) is 3.21. The Hall–Kier alpha value is -0.120. The fraction of sp³-hybridized carbons (Fsp3) is 1.00. The Morgan fingerprint density at radius 1 is 1.15 bits per heavy atom. The fourth-order valence-electron chi connectivity index (χ4n) is 2.36. The van der Waals surface area contributed by atoms with Crippen LogP contribution in [0.15, 0.2) is 0 Å². The molecule has 1 heterocycles. The summed E-state index contributed by atoms with van der Waals surface area (Å²) in [6.45, 7) is 1.60. The zero-order valence-corrected chi connectivity index (χ0v) is 8.17. The van der Waals surface area contributed by atoms with Gasteiger partial charge in [0.1, 0.15) is 0 Å². The van der Waals surface area contributed by atoms with Crippen LogP contribution in [-0.2, 0) is 4.74 Å². The molecule has 0 aromatic heterocycles. The van der Waals surface area contributed by atoms with Gasteiger partial charge in [-0.25, -0.2) is 0 Å². The lowest BCUT2D eigenvalue weighted by molar-refractivity contribution is 0.0589. The average Bonchev–Trinajstić information content (AvgIpc) is 2.61. The van der Waals surface area contributed by atoms with Gasteiger partial charge in [-0.05, 0) is 19.3 Å². The summed E-state index contributed by atoms with van der Waals surface area (Å²) in [6, 6.07) is 1.43. The van der Waals surface area contributed by atoms with Gasteiger partial charge in [0.15, 0.2) is 0 Å². The summed E-state index contributed by atoms with van der Waals surface area (Å²) in [5, 5.41) is 3.66. The molecule has 1 saturated carbocycles. The summed E-state index contributed by atoms with van der Waals surface area (Å²) in [4.78, 5) is 0. The first-order valence-electron chi connectivity index (χ1n) is 5.45. The molecule has 3 heteroatoms. The van der Waals surface area contributed by atoms with Crippen LogP contribution in [0.2, 0.25) is 0 Å². The number of nitrogens with two attached hydrogens (primary N) is 1. The molecule has 3 nitrogen and oxygen atoms in total. The maximum Gasteiger partial charge on any atom is 0.0632 e. The van der Waals surface area contributed by atoms with Crippen LogP contribution >= 0.6 is 0 Å². The second kappa shape index (κ2) is 4.40. The van der Waals surface area contributed by atoms with Crippen molar-refractivity contribution < 1.29 is 4.74 Å². The number of hydrogen-bond acceptors (Lipinski definition) is 3. The van der Waals surface area contributed by atoms with Crippen LogP contribution in [0.4, 0.5) is 0 Å². The Morgan fingerprint density at radius 2 is 1.92 bits per heavy atom. The maximum atomic E-state index is 5.97. The second-order valence-corrected chi connectivity index (χ2v) is 4.28. The van der Waals surface area contributed by atoms with Crippen molar-refractivity contribution >= 4 is 0 Å². The lowest BCUT2D eigenvalue weighted by Crippen LogP contribution is -2.53. The summed E-state index contributed by atoms with van der Waals surface area (Å²) >= 11 is 0. The predicted molar refractivity (Wildman–Crippen MR) is 52.6 cm³/mol. The van der Waals surface area contributed by atoms with E-state index in [9.17, 15) is 0 Å². The van der Waals surface area contributed by atoms with E-state index in [-0.39, 0.29) is 6.04 Å². The number of rotatable bonds is 2. The highest BCUT2D eigenvalue weighted by molar-refractivity contribution is 4.86. The molecule has 2 atom stereocenters. The van der Waals surface area contributed by atoms with Crippen molar-refractivity contribution in [2.24, 2.45) is 5.73 Å². The Balaban J connectivity index is 1.78. The monoisotopic (exact) mass is 184 g/mol. The summed E-state index contributed by atoms with van der Waals surface area (Å²) in [5.41, 5.74) is 5.97. The molecule has 0 aromatic rings. The Kier molecular flexibility index (Phi) is 3.19. The Morgan fingerprint density at radius 3 is 2.62 bits per heavy atom. The summed E-state index contributed by atoms with van der Waals surface area (Å²) < 4.78 is 5.31. The molecule has 3 N–H and O–H groups in total. The predicted octanol–water partition coefficient (Wildman–Crippen LogP) is 0.635. The molecule has 0 unspecified atom stereocenters. The molecule has 2 rings (SSSR count). The molecule has 0 aromatic carbocycles. The van der Waals surface area contributed by atoms with Gasteiger partial charge >= 0.3 is 0 Å². The van der Waals surface area contributed by atoms with Crippen molar-refractivity contribution in [3.8, 4) is 0 Å². The minimum Gasteiger partial charge on any atom is -0.380 e. The molecular formula is C10H20N2O. The van der Waals surface area contributed by atoms with E-state index in [1.165, 1.54) is 25.7 Å². The molecule has 0 radical (unpaired) electrons. The van der Waals surface area contributed by atoms with E-state index in [0.717, 1.165) is 25.7 Å². The van der Waals surface area contributed by atoms with E-state index >= 15 is 0 Å². The third-order valence-electron chi connectivity index (χ3n) is 3.21.